The van der Waals surface area contributed by atoms with Crippen LogP contribution in [0.3, 0.4) is 0 Å². The van der Waals surface area contributed by atoms with E-state index >= 15 is 0 Å². The average Bonchev–Trinajstić information content (AvgIpc) is 3.55. The molecule has 174 valence electrons. The maximum absolute atomic E-state index is 13.2. The SMILES string of the molecule is COc1ccccc1Cc1cnc([C@@H]2CCCN(C(=O)c3cc(-c4ccc(F)cc4)no3)C2)o1. The Hall–Kier alpha value is -3.94. The van der Waals surface area contributed by atoms with Gasteiger partial charge in [-0.3, -0.25) is 4.79 Å². The maximum Gasteiger partial charge on any atom is 0.292 e. The molecule has 2 aromatic carbocycles. The van der Waals surface area contributed by atoms with E-state index in [0.717, 1.165) is 29.9 Å². The third kappa shape index (κ3) is 4.57. The second kappa shape index (κ2) is 9.51. The van der Waals surface area contributed by atoms with Crippen molar-refractivity contribution >= 4 is 5.91 Å². The van der Waals surface area contributed by atoms with Gasteiger partial charge in [0.2, 0.25) is 5.76 Å². The van der Waals surface area contributed by atoms with Crippen LogP contribution in [0, 0.1) is 5.82 Å². The Labute approximate surface area is 196 Å². The molecule has 0 saturated carbocycles. The molecule has 1 fully saturated rings. The van der Waals surface area contributed by atoms with Gasteiger partial charge in [-0.25, -0.2) is 9.37 Å². The largest absolute Gasteiger partial charge is 0.496 e. The summed E-state index contributed by atoms with van der Waals surface area (Å²) in [6, 6.07) is 15.3. The lowest BCUT2D eigenvalue weighted by Crippen LogP contribution is -2.39. The number of likely N-dealkylation sites (tertiary alicyclic amines) is 1. The lowest BCUT2D eigenvalue weighted by atomic mass is 9.98. The number of halogens is 1. The van der Waals surface area contributed by atoms with E-state index in [0.29, 0.717) is 36.7 Å². The number of aromatic nitrogens is 2. The summed E-state index contributed by atoms with van der Waals surface area (Å²) in [7, 11) is 1.65. The molecular weight excluding hydrogens is 437 g/mol. The lowest BCUT2D eigenvalue weighted by Gasteiger charge is -2.30. The van der Waals surface area contributed by atoms with Crippen molar-refractivity contribution in [1.82, 2.24) is 15.0 Å². The van der Waals surface area contributed by atoms with Crippen molar-refractivity contribution < 1.29 is 22.9 Å². The molecule has 4 aromatic rings. The minimum absolute atomic E-state index is 0.00334. The number of ether oxygens (including phenoxy) is 1. The van der Waals surface area contributed by atoms with Gasteiger partial charge in [0.25, 0.3) is 5.91 Å². The zero-order valence-corrected chi connectivity index (χ0v) is 18.7. The minimum atomic E-state index is -0.333. The third-order valence-electron chi connectivity index (χ3n) is 6.05. The third-order valence-corrected chi connectivity index (χ3v) is 6.05. The first-order valence-corrected chi connectivity index (χ1v) is 11.2. The first-order valence-electron chi connectivity index (χ1n) is 11.2. The first-order chi connectivity index (χ1) is 16.6. The van der Waals surface area contributed by atoms with Crippen LogP contribution in [0.5, 0.6) is 5.75 Å². The highest BCUT2D eigenvalue weighted by molar-refractivity contribution is 5.92. The number of oxazole rings is 1. The Kier molecular flexibility index (Phi) is 6.12. The van der Waals surface area contributed by atoms with Crippen LogP contribution in [-0.4, -0.2) is 41.1 Å². The number of para-hydroxylation sites is 1. The standard InChI is InChI=1S/C26H24FN3O4/c1-32-23-7-3-2-5-18(23)13-21-15-28-25(33-21)19-6-4-12-30(16-19)26(31)24-14-22(29-34-24)17-8-10-20(27)11-9-17/h2-3,5,7-11,14-15,19H,4,6,12-13,16H2,1H3/t19-/m1/s1. The molecule has 0 aliphatic carbocycles. The predicted molar refractivity (Wildman–Crippen MR) is 122 cm³/mol. The van der Waals surface area contributed by atoms with E-state index in [1.807, 2.05) is 24.3 Å². The number of hydrogen-bond acceptors (Lipinski definition) is 6. The van der Waals surface area contributed by atoms with Crippen molar-refractivity contribution in [2.24, 2.45) is 0 Å². The van der Waals surface area contributed by atoms with Gasteiger partial charge < -0.3 is 18.6 Å². The van der Waals surface area contributed by atoms with Gasteiger partial charge in [-0.2, -0.15) is 0 Å². The summed E-state index contributed by atoms with van der Waals surface area (Å²) in [5.41, 5.74) is 2.20. The Morgan fingerprint density at radius 2 is 2.03 bits per heavy atom. The smallest absolute Gasteiger partial charge is 0.292 e. The Morgan fingerprint density at radius 3 is 2.85 bits per heavy atom. The zero-order chi connectivity index (χ0) is 23.5. The van der Waals surface area contributed by atoms with Crippen LogP contribution in [0.1, 0.15) is 46.5 Å². The topological polar surface area (TPSA) is 81.6 Å². The molecule has 8 heteroatoms. The van der Waals surface area contributed by atoms with Gasteiger partial charge >= 0.3 is 0 Å². The molecule has 1 saturated heterocycles. The van der Waals surface area contributed by atoms with E-state index < -0.39 is 0 Å². The Bertz CT molecular complexity index is 1280. The van der Waals surface area contributed by atoms with Crippen molar-refractivity contribution in [1.29, 1.82) is 0 Å². The maximum atomic E-state index is 13.2. The van der Waals surface area contributed by atoms with Crippen molar-refractivity contribution in [3.63, 3.8) is 0 Å². The molecule has 0 N–H and O–H groups in total. The lowest BCUT2D eigenvalue weighted by molar-refractivity contribution is 0.0656. The van der Waals surface area contributed by atoms with E-state index in [9.17, 15) is 9.18 Å². The molecule has 1 aliphatic rings. The van der Waals surface area contributed by atoms with Crippen LogP contribution in [0.15, 0.2) is 69.7 Å². The summed E-state index contributed by atoms with van der Waals surface area (Å²) in [5, 5.41) is 3.98. The highest BCUT2D eigenvalue weighted by atomic mass is 19.1. The van der Waals surface area contributed by atoms with Gasteiger partial charge in [-0.05, 0) is 43.2 Å². The summed E-state index contributed by atoms with van der Waals surface area (Å²) in [6.07, 6.45) is 4.04. The van der Waals surface area contributed by atoms with E-state index in [4.69, 9.17) is 13.7 Å². The molecule has 1 atom stereocenters. The van der Waals surface area contributed by atoms with Gasteiger partial charge in [0.1, 0.15) is 23.0 Å². The van der Waals surface area contributed by atoms with Crippen molar-refractivity contribution in [3.05, 3.63) is 89.6 Å². The molecule has 0 bridgehead atoms. The monoisotopic (exact) mass is 461 g/mol. The van der Waals surface area contributed by atoms with Crippen LogP contribution < -0.4 is 4.74 Å². The fourth-order valence-electron chi connectivity index (χ4n) is 4.28. The van der Waals surface area contributed by atoms with Gasteiger partial charge in [-0.15, -0.1) is 0 Å². The number of piperidine rings is 1. The highest BCUT2D eigenvalue weighted by Crippen LogP contribution is 2.29. The van der Waals surface area contributed by atoms with E-state index in [1.54, 1.807) is 36.4 Å². The van der Waals surface area contributed by atoms with Crippen LogP contribution in [0.4, 0.5) is 4.39 Å². The Morgan fingerprint density at radius 1 is 1.21 bits per heavy atom. The molecule has 0 unspecified atom stereocenters. The number of carbonyl (C=O) groups is 1. The number of benzene rings is 2. The molecule has 1 aliphatic heterocycles. The molecule has 3 heterocycles. The van der Waals surface area contributed by atoms with Crippen molar-refractivity contribution in [3.8, 4) is 17.0 Å². The van der Waals surface area contributed by atoms with Gasteiger partial charge in [-0.1, -0.05) is 23.4 Å². The van der Waals surface area contributed by atoms with E-state index in [-0.39, 0.29) is 23.4 Å². The van der Waals surface area contributed by atoms with E-state index in [2.05, 4.69) is 10.1 Å². The quantitative estimate of drug-likeness (QED) is 0.398. The average molecular weight is 461 g/mol. The second-order valence-corrected chi connectivity index (χ2v) is 8.33. The van der Waals surface area contributed by atoms with Crippen LogP contribution in [0.2, 0.25) is 0 Å². The normalized spacial score (nSPS) is 15.9. The Balaban J connectivity index is 1.26. The summed E-state index contributed by atoms with van der Waals surface area (Å²) >= 11 is 0. The van der Waals surface area contributed by atoms with Crippen molar-refractivity contribution in [2.45, 2.75) is 25.2 Å². The number of nitrogens with zero attached hydrogens (tertiary/aromatic N) is 3. The zero-order valence-electron chi connectivity index (χ0n) is 18.7. The molecular formula is C26H24FN3O4. The summed E-state index contributed by atoms with van der Waals surface area (Å²) in [4.78, 5) is 19.3. The molecule has 7 nitrogen and oxygen atoms in total. The number of amides is 1. The number of methoxy groups -OCH3 is 1. The van der Waals surface area contributed by atoms with Crippen molar-refractivity contribution in [2.75, 3.05) is 20.2 Å². The van der Waals surface area contributed by atoms with Crippen LogP contribution in [0.25, 0.3) is 11.3 Å². The molecule has 2 aromatic heterocycles. The van der Waals surface area contributed by atoms with Gasteiger partial charge in [0.05, 0.1) is 19.2 Å². The summed E-state index contributed by atoms with van der Waals surface area (Å²) in [6.45, 7) is 1.11. The minimum Gasteiger partial charge on any atom is -0.496 e. The second-order valence-electron chi connectivity index (χ2n) is 8.33. The van der Waals surface area contributed by atoms with Crippen LogP contribution >= 0.6 is 0 Å². The fourth-order valence-corrected chi connectivity index (χ4v) is 4.28. The molecule has 0 radical (unpaired) electrons. The molecule has 1 amide bonds. The number of rotatable bonds is 6. The first kappa shape index (κ1) is 21.9. The molecule has 34 heavy (non-hydrogen) atoms. The number of hydrogen-bond donors (Lipinski definition) is 0. The number of carbonyl (C=O) groups excluding carboxylic acids is 1. The molecule has 0 spiro atoms. The van der Waals surface area contributed by atoms with Gasteiger partial charge in [0, 0.05) is 36.7 Å². The van der Waals surface area contributed by atoms with Gasteiger partial charge in [0.15, 0.2) is 5.89 Å². The van der Waals surface area contributed by atoms with Crippen LogP contribution in [-0.2, 0) is 6.42 Å². The summed E-state index contributed by atoms with van der Waals surface area (Å²) < 4.78 is 30.0. The predicted octanol–water partition coefficient (Wildman–Crippen LogP) is 5.09. The fraction of sp³-hybridized carbons (Fsp3) is 0.269. The molecule has 5 rings (SSSR count). The summed E-state index contributed by atoms with van der Waals surface area (Å²) in [5.74, 6) is 1.79. The highest BCUT2D eigenvalue weighted by Gasteiger charge is 2.30. The van der Waals surface area contributed by atoms with E-state index in [1.165, 1.54) is 12.1 Å².